The van der Waals surface area contributed by atoms with E-state index in [1.54, 1.807) is 0 Å². The molecule has 0 aromatic carbocycles. The van der Waals surface area contributed by atoms with Crippen LogP contribution in [0.4, 0.5) is 18.0 Å². The van der Waals surface area contributed by atoms with E-state index in [9.17, 15) is 22.8 Å². The van der Waals surface area contributed by atoms with Gasteiger partial charge >= 0.3 is 18.2 Å². The number of carboxylic acids is 1. The molecule has 0 rings (SSSR count). The molecule has 2 N–H and O–H groups in total. The molecule has 0 aliphatic rings. The monoisotopic (exact) mass is 285 g/mol. The normalized spacial score (nSPS) is 12.1. The van der Waals surface area contributed by atoms with E-state index in [0.717, 1.165) is 0 Å². The number of ether oxygens (including phenoxy) is 1. The Labute approximate surface area is 109 Å². The first-order valence-corrected chi connectivity index (χ1v) is 5.71. The summed E-state index contributed by atoms with van der Waals surface area (Å²) in [6.45, 7) is 2.14. The van der Waals surface area contributed by atoms with Crippen LogP contribution in [0.25, 0.3) is 0 Å². The topological polar surface area (TPSA) is 75.6 Å². The van der Waals surface area contributed by atoms with Gasteiger partial charge in [-0.3, -0.25) is 4.79 Å². The molecule has 5 nitrogen and oxygen atoms in total. The van der Waals surface area contributed by atoms with Crippen molar-refractivity contribution in [3.63, 3.8) is 0 Å². The van der Waals surface area contributed by atoms with Gasteiger partial charge in [-0.05, 0) is 18.3 Å². The minimum atomic E-state index is -4.54. The summed E-state index contributed by atoms with van der Waals surface area (Å²) in [5, 5.41) is 10.7. The van der Waals surface area contributed by atoms with Crippen molar-refractivity contribution in [3.8, 4) is 0 Å². The Bertz CT molecular complexity index is 316. The average molecular weight is 285 g/mol. The van der Waals surface area contributed by atoms with Gasteiger partial charge in [0.05, 0.1) is 0 Å². The lowest BCUT2D eigenvalue weighted by atomic mass is 9.84. The molecule has 0 aliphatic carbocycles. The number of amides is 1. The number of alkyl halides is 3. The number of alkyl carbamates (subject to hydrolysis) is 1. The summed E-state index contributed by atoms with van der Waals surface area (Å²) in [5.74, 6) is -0.911. The second-order valence-electron chi connectivity index (χ2n) is 4.93. The highest BCUT2D eigenvalue weighted by Crippen LogP contribution is 2.26. The van der Waals surface area contributed by atoms with E-state index in [1.165, 1.54) is 0 Å². The average Bonchev–Trinajstić information content (AvgIpc) is 2.23. The van der Waals surface area contributed by atoms with E-state index in [0.29, 0.717) is 12.8 Å². The van der Waals surface area contributed by atoms with Gasteiger partial charge in [-0.25, -0.2) is 4.79 Å². The number of nitrogens with one attached hydrogen (secondary N) is 1. The van der Waals surface area contributed by atoms with Crippen LogP contribution in [0.2, 0.25) is 0 Å². The number of carbonyl (C=O) groups is 2. The minimum Gasteiger partial charge on any atom is -0.481 e. The number of carboxylic acid groups (broad SMARTS) is 1. The maximum absolute atomic E-state index is 11.7. The summed E-state index contributed by atoms with van der Waals surface area (Å²) in [6.07, 6.45) is -4.81. The maximum atomic E-state index is 11.7. The molecule has 8 heteroatoms. The first-order valence-electron chi connectivity index (χ1n) is 5.71. The lowest BCUT2D eigenvalue weighted by molar-refractivity contribution is -0.160. The van der Waals surface area contributed by atoms with Crippen LogP contribution in [-0.4, -0.2) is 36.5 Å². The Morgan fingerprint density at radius 3 is 2.26 bits per heavy atom. The Kier molecular flexibility index (Phi) is 6.64. The molecule has 0 heterocycles. The zero-order valence-electron chi connectivity index (χ0n) is 10.8. The lowest BCUT2D eigenvalue weighted by Crippen LogP contribution is -2.31. The van der Waals surface area contributed by atoms with Gasteiger partial charge in [0, 0.05) is 13.0 Å². The Hall–Kier alpha value is -1.47. The van der Waals surface area contributed by atoms with Crippen LogP contribution in [0.3, 0.4) is 0 Å². The first kappa shape index (κ1) is 17.5. The summed E-state index contributed by atoms with van der Waals surface area (Å²) in [4.78, 5) is 21.3. The molecule has 0 aliphatic heterocycles. The fourth-order valence-electron chi connectivity index (χ4n) is 1.27. The molecule has 0 fully saturated rings. The molecule has 0 aromatic heterocycles. The molecule has 0 radical (unpaired) electrons. The van der Waals surface area contributed by atoms with Crippen molar-refractivity contribution in [1.82, 2.24) is 5.32 Å². The van der Waals surface area contributed by atoms with Gasteiger partial charge in [0.15, 0.2) is 6.61 Å². The minimum absolute atomic E-state index is 0.00548. The van der Waals surface area contributed by atoms with Crippen LogP contribution >= 0.6 is 0 Å². The SMILES string of the molecule is CC(C)(CCNC(=O)OCC(F)(F)F)CCC(=O)O. The number of rotatable bonds is 7. The number of halogens is 3. The van der Waals surface area contributed by atoms with Gasteiger partial charge in [-0.2, -0.15) is 13.2 Å². The van der Waals surface area contributed by atoms with Crippen molar-refractivity contribution in [2.45, 2.75) is 39.3 Å². The Morgan fingerprint density at radius 1 is 1.21 bits per heavy atom. The van der Waals surface area contributed by atoms with Crippen molar-refractivity contribution in [1.29, 1.82) is 0 Å². The van der Waals surface area contributed by atoms with Gasteiger partial charge < -0.3 is 15.2 Å². The summed E-state index contributed by atoms with van der Waals surface area (Å²) in [7, 11) is 0. The van der Waals surface area contributed by atoms with Crippen LogP contribution in [-0.2, 0) is 9.53 Å². The van der Waals surface area contributed by atoms with Crippen molar-refractivity contribution < 1.29 is 32.6 Å². The van der Waals surface area contributed by atoms with E-state index in [2.05, 4.69) is 10.1 Å². The number of hydrogen-bond acceptors (Lipinski definition) is 3. The summed E-state index contributed by atoms with van der Waals surface area (Å²) in [6, 6.07) is 0. The lowest BCUT2D eigenvalue weighted by Gasteiger charge is -2.23. The predicted molar refractivity (Wildman–Crippen MR) is 60.7 cm³/mol. The molecular weight excluding hydrogens is 267 g/mol. The maximum Gasteiger partial charge on any atom is 0.422 e. The molecule has 0 bridgehead atoms. The highest BCUT2D eigenvalue weighted by Gasteiger charge is 2.29. The highest BCUT2D eigenvalue weighted by atomic mass is 19.4. The van der Waals surface area contributed by atoms with Gasteiger partial charge in [0.25, 0.3) is 0 Å². The first-order chi connectivity index (χ1) is 8.52. The largest absolute Gasteiger partial charge is 0.481 e. The zero-order chi connectivity index (χ0) is 15.1. The molecule has 0 unspecified atom stereocenters. The summed E-state index contributed by atoms with van der Waals surface area (Å²) < 4.78 is 39.2. The second kappa shape index (κ2) is 7.20. The highest BCUT2D eigenvalue weighted by molar-refractivity contribution is 5.67. The molecular formula is C11H18F3NO4. The molecule has 0 spiro atoms. The molecule has 19 heavy (non-hydrogen) atoms. The van der Waals surface area contributed by atoms with Crippen molar-refractivity contribution in [3.05, 3.63) is 0 Å². The van der Waals surface area contributed by atoms with Crippen molar-refractivity contribution in [2.75, 3.05) is 13.2 Å². The number of carbonyl (C=O) groups excluding carboxylic acids is 1. The van der Waals surface area contributed by atoms with Gasteiger partial charge in [0.1, 0.15) is 0 Å². The second-order valence-corrected chi connectivity index (χ2v) is 4.93. The van der Waals surface area contributed by atoms with Crippen LogP contribution in [0, 0.1) is 5.41 Å². The number of aliphatic carboxylic acids is 1. The van der Waals surface area contributed by atoms with E-state index in [1.807, 2.05) is 13.8 Å². The Morgan fingerprint density at radius 2 is 1.79 bits per heavy atom. The quantitative estimate of drug-likeness (QED) is 0.753. The molecule has 0 atom stereocenters. The van der Waals surface area contributed by atoms with Crippen LogP contribution in [0.5, 0.6) is 0 Å². The van der Waals surface area contributed by atoms with Gasteiger partial charge in [-0.1, -0.05) is 13.8 Å². The third-order valence-electron chi connectivity index (χ3n) is 2.45. The fourth-order valence-corrected chi connectivity index (χ4v) is 1.27. The van der Waals surface area contributed by atoms with Crippen LogP contribution in [0.1, 0.15) is 33.1 Å². The number of hydrogen-bond donors (Lipinski definition) is 2. The third kappa shape index (κ3) is 11.4. The molecule has 112 valence electrons. The van der Waals surface area contributed by atoms with Crippen molar-refractivity contribution in [2.24, 2.45) is 5.41 Å². The predicted octanol–water partition coefficient (Wildman–Crippen LogP) is 2.56. The van der Waals surface area contributed by atoms with Gasteiger partial charge in [0.2, 0.25) is 0 Å². The Balaban J connectivity index is 3.83. The van der Waals surface area contributed by atoms with E-state index in [-0.39, 0.29) is 18.4 Å². The van der Waals surface area contributed by atoms with E-state index >= 15 is 0 Å². The molecule has 0 saturated carbocycles. The summed E-state index contributed by atoms with van der Waals surface area (Å²) in [5.41, 5.74) is -0.324. The smallest absolute Gasteiger partial charge is 0.422 e. The summed E-state index contributed by atoms with van der Waals surface area (Å²) >= 11 is 0. The molecule has 1 amide bonds. The zero-order valence-corrected chi connectivity index (χ0v) is 10.8. The van der Waals surface area contributed by atoms with Gasteiger partial charge in [-0.15, -0.1) is 0 Å². The fraction of sp³-hybridized carbons (Fsp3) is 0.818. The standard InChI is InChI=1S/C11H18F3NO4/c1-10(2,4-3-8(16)17)5-6-15-9(18)19-7-11(12,13)14/h3-7H2,1-2H3,(H,15,18)(H,16,17). The molecule has 0 aromatic rings. The van der Waals surface area contributed by atoms with Crippen molar-refractivity contribution >= 4 is 12.1 Å². The third-order valence-corrected chi connectivity index (χ3v) is 2.45. The van der Waals surface area contributed by atoms with E-state index < -0.39 is 24.8 Å². The van der Waals surface area contributed by atoms with E-state index in [4.69, 9.17) is 5.11 Å². The van der Waals surface area contributed by atoms with Crippen LogP contribution in [0.15, 0.2) is 0 Å². The molecule has 0 saturated heterocycles. The van der Waals surface area contributed by atoms with Crippen LogP contribution < -0.4 is 5.32 Å².